The highest BCUT2D eigenvalue weighted by Gasteiger charge is 2.31. The van der Waals surface area contributed by atoms with Gasteiger partial charge in [-0.3, -0.25) is 19.5 Å². The fraction of sp³-hybridized carbons (Fsp3) is 0.462. The van der Waals surface area contributed by atoms with Gasteiger partial charge in [0, 0.05) is 26.2 Å². The Morgan fingerprint density at radius 3 is 2.89 bits per heavy atom. The summed E-state index contributed by atoms with van der Waals surface area (Å²) in [6.45, 7) is 2.52. The number of pyridine rings is 1. The number of nitrogens with zero attached hydrogens (tertiary/aromatic N) is 2. The SMILES string of the molecule is Cc1ccc(CNC2CCC(=O)N(C)C2=O)nc1. The van der Waals surface area contributed by atoms with E-state index in [9.17, 15) is 9.59 Å². The quantitative estimate of drug-likeness (QED) is 0.796. The lowest BCUT2D eigenvalue weighted by Gasteiger charge is -2.28. The number of likely N-dealkylation sites (N-methyl/N-ethyl adjacent to an activating group) is 1. The summed E-state index contributed by atoms with van der Waals surface area (Å²) in [5.41, 5.74) is 2.01. The van der Waals surface area contributed by atoms with Crippen LogP contribution in [-0.2, 0) is 16.1 Å². The van der Waals surface area contributed by atoms with Gasteiger partial charge in [-0.05, 0) is 25.0 Å². The van der Waals surface area contributed by atoms with E-state index in [1.807, 2.05) is 19.1 Å². The molecule has 96 valence electrons. The van der Waals surface area contributed by atoms with Crippen molar-refractivity contribution in [2.24, 2.45) is 0 Å². The fourth-order valence-corrected chi connectivity index (χ4v) is 1.94. The molecule has 0 spiro atoms. The van der Waals surface area contributed by atoms with Gasteiger partial charge in [-0.15, -0.1) is 0 Å². The Morgan fingerprint density at radius 1 is 1.44 bits per heavy atom. The number of rotatable bonds is 3. The summed E-state index contributed by atoms with van der Waals surface area (Å²) in [6.07, 6.45) is 2.78. The van der Waals surface area contributed by atoms with Crippen LogP contribution >= 0.6 is 0 Å². The molecule has 0 aromatic carbocycles. The lowest BCUT2D eigenvalue weighted by molar-refractivity contribution is -0.148. The second-order valence-corrected chi connectivity index (χ2v) is 4.59. The average Bonchev–Trinajstić information content (AvgIpc) is 2.37. The summed E-state index contributed by atoms with van der Waals surface area (Å²) in [5, 5.41) is 3.15. The highest BCUT2D eigenvalue weighted by atomic mass is 16.2. The Morgan fingerprint density at radius 2 is 2.22 bits per heavy atom. The van der Waals surface area contributed by atoms with E-state index in [1.54, 1.807) is 6.20 Å². The van der Waals surface area contributed by atoms with Crippen LogP contribution in [0, 0.1) is 6.92 Å². The minimum atomic E-state index is -0.282. The summed E-state index contributed by atoms with van der Waals surface area (Å²) in [7, 11) is 1.53. The molecule has 1 fully saturated rings. The van der Waals surface area contributed by atoms with Crippen LogP contribution in [0.3, 0.4) is 0 Å². The van der Waals surface area contributed by atoms with Crippen molar-refractivity contribution in [3.63, 3.8) is 0 Å². The number of imide groups is 1. The first-order chi connectivity index (χ1) is 8.58. The van der Waals surface area contributed by atoms with Crippen molar-refractivity contribution < 1.29 is 9.59 Å². The zero-order chi connectivity index (χ0) is 13.1. The summed E-state index contributed by atoms with van der Waals surface area (Å²) in [6, 6.07) is 3.64. The van der Waals surface area contributed by atoms with E-state index in [1.165, 1.54) is 11.9 Å². The molecule has 18 heavy (non-hydrogen) atoms. The number of nitrogens with one attached hydrogen (secondary N) is 1. The maximum absolute atomic E-state index is 11.8. The molecule has 1 atom stereocenters. The molecule has 2 heterocycles. The Balaban J connectivity index is 1.92. The number of amides is 2. The molecule has 1 aliphatic rings. The van der Waals surface area contributed by atoms with Gasteiger partial charge in [0.25, 0.3) is 0 Å². The number of piperidine rings is 1. The largest absolute Gasteiger partial charge is 0.300 e. The molecule has 0 aliphatic carbocycles. The minimum Gasteiger partial charge on any atom is -0.300 e. The first kappa shape index (κ1) is 12.7. The molecule has 5 nitrogen and oxygen atoms in total. The van der Waals surface area contributed by atoms with Crippen LogP contribution in [-0.4, -0.2) is 34.8 Å². The second-order valence-electron chi connectivity index (χ2n) is 4.59. The Bertz CT molecular complexity index is 456. The molecule has 1 aromatic heterocycles. The van der Waals surface area contributed by atoms with Crippen molar-refractivity contribution in [3.8, 4) is 0 Å². The minimum absolute atomic E-state index is 0.105. The number of likely N-dealkylation sites (tertiary alicyclic amines) is 1. The predicted molar refractivity (Wildman–Crippen MR) is 66.6 cm³/mol. The van der Waals surface area contributed by atoms with E-state index < -0.39 is 0 Å². The third-order valence-electron chi connectivity index (χ3n) is 3.15. The number of hydrogen-bond acceptors (Lipinski definition) is 4. The highest BCUT2D eigenvalue weighted by Crippen LogP contribution is 2.11. The second kappa shape index (κ2) is 5.27. The molecule has 5 heteroatoms. The molecular weight excluding hydrogens is 230 g/mol. The van der Waals surface area contributed by atoms with Crippen molar-refractivity contribution in [3.05, 3.63) is 29.6 Å². The van der Waals surface area contributed by atoms with Crippen LogP contribution in [0.2, 0.25) is 0 Å². The predicted octanol–water partition coefficient (Wildman–Crippen LogP) is 0.627. The van der Waals surface area contributed by atoms with Crippen molar-refractivity contribution in [2.45, 2.75) is 32.4 Å². The smallest absolute Gasteiger partial charge is 0.246 e. The average molecular weight is 247 g/mol. The van der Waals surface area contributed by atoms with E-state index >= 15 is 0 Å². The molecule has 1 N–H and O–H groups in total. The summed E-state index contributed by atoms with van der Waals surface area (Å²) in [4.78, 5) is 28.6. The molecule has 0 saturated carbocycles. The monoisotopic (exact) mass is 247 g/mol. The van der Waals surface area contributed by atoms with Gasteiger partial charge >= 0.3 is 0 Å². The molecule has 2 rings (SSSR count). The number of aromatic nitrogens is 1. The van der Waals surface area contributed by atoms with Gasteiger partial charge in [-0.2, -0.15) is 0 Å². The van der Waals surface area contributed by atoms with Gasteiger partial charge in [0.15, 0.2) is 0 Å². The van der Waals surface area contributed by atoms with Crippen LogP contribution in [0.25, 0.3) is 0 Å². The van der Waals surface area contributed by atoms with Crippen LogP contribution in [0.4, 0.5) is 0 Å². The summed E-state index contributed by atoms with van der Waals surface area (Å²) >= 11 is 0. The standard InChI is InChI=1S/C13H17N3O2/c1-9-3-4-10(14-7-9)8-15-11-5-6-12(17)16(2)13(11)18/h3-4,7,11,15H,5-6,8H2,1-2H3. The molecule has 0 radical (unpaired) electrons. The summed E-state index contributed by atoms with van der Waals surface area (Å²) < 4.78 is 0. The molecule has 1 saturated heterocycles. The molecular formula is C13H17N3O2. The maximum atomic E-state index is 11.8. The van der Waals surface area contributed by atoms with Gasteiger partial charge < -0.3 is 5.32 Å². The van der Waals surface area contributed by atoms with Crippen LogP contribution in [0.1, 0.15) is 24.1 Å². The molecule has 1 aromatic rings. The van der Waals surface area contributed by atoms with Gasteiger partial charge in [0.2, 0.25) is 11.8 Å². The van der Waals surface area contributed by atoms with Crippen molar-refractivity contribution >= 4 is 11.8 Å². The van der Waals surface area contributed by atoms with Crippen LogP contribution < -0.4 is 5.32 Å². The Hall–Kier alpha value is -1.75. The highest BCUT2D eigenvalue weighted by molar-refractivity contribution is 6.00. The lowest BCUT2D eigenvalue weighted by Crippen LogP contribution is -2.51. The number of aryl methyl sites for hydroxylation is 1. The first-order valence-electron chi connectivity index (χ1n) is 6.03. The number of hydrogen-bond donors (Lipinski definition) is 1. The Labute approximate surface area is 106 Å². The third kappa shape index (κ3) is 2.73. The van der Waals surface area contributed by atoms with Gasteiger partial charge in [0.05, 0.1) is 11.7 Å². The van der Waals surface area contributed by atoms with E-state index in [0.29, 0.717) is 19.4 Å². The zero-order valence-electron chi connectivity index (χ0n) is 10.6. The molecule has 1 unspecified atom stereocenters. The van der Waals surface area contributed by atoms with Crippen molar-refractivity contribution in [1.29, 1.82) is 0 Å². The van der Waals surface area contributed by atoms with Gasteiger partial charge in [-0.1, -0.05) is 6.07 Å². The van der Waals surface area contributed by atoms with Crippen molar-refractivity contribution in [1.82, 2.24) is 15.2 Å². The molecule has 1 aliphatic heterocycles. The van der Waals surface area contributed by atoms with Gasteiger partial charge in [-0.25, -0.2) is 0 Å². The van der Waals surface area contributed by atoms with E-state index in [0.717, 1.165) is 11.3 Å². The zero-order valence-corrected chi connectivity index (χ0v) is 10.6. The first-order valence-corrected chi connectivity index (χ1v) is 6.03. The van der Waals surface area contributed by atoms with E-state index in [4.69, 9.17) is 0 Å². The molecule has 0 bridgehead atoms. The van der Waals surface area contributed by atoms with Crippen LogP contribution in [0.5, 0.6) is 0 Å². The Kier molecular flexibility index (Phi) is 3.72. The normalized spacial score (nSPS) is 20.3. The van der Waals surface area contributed by atoms with Gasteiger partial charge in [0.1, 0.15) is 0 Å². The van der Waals surface area contributed by atoms with E-state index in [2.05, 4.69) is 10.3 Å². The number of carbonyl (C=O) groups is 2. The fourth-order valence-electron chi connectivity index (χ4n) is 1.94. The van der Waals surface area contributed by atoms with Crippen molar-refractivity contribution in [2.75, 3.05) is 7.05 Å². The number of carbonyl (C=O) groups excluding carboxylic acids is 2. The summed E-state index contributed by atoms with van der Waals surface area (Å²) in [5.74, 6) is -0.259. The topological polar surface area (TPSA) is 62.3 Å². The molecule has 2 amide bonds. The lowest BCUT2D eigenvalue weighted by atomic mass is 10.0. The van der Waals surface area contributed by atoms with E-state index in [-0.39, 0.29) is 17.9 Å². The third-order valence-corrected chi connectivity index (χ3v) is 3.15. The maximum Gasteiger partial charge on any atom is 0.246 e. The van der Waals surface area contributed by atoms with Crippen LogP contribution in [0.15, 0.2) is 18.3 Å².